The lowest BCUT2D eigenvalue weighted by Crippen LogP contribution is -2.03. The van der Waals surface area contributed by atoms with Crippen molar-refractivity contribution in [2.45, 2.75) is 196 Å². The van der Waals surface area contributed by atoms with Crippen LogP contribution in [-0.4, -0.2) is 39.6 Å². The molecular formula is C70H96O6. The first-order valence-corrected chi connectivity index (χ1v) is 30.4. The normalized spacial score (nSPS) is 11.7. The van der Waals surface area contributed by atoms with E-state index in [-0.39, 0.29) is 0 Å². The molecule has 0 spiro atoms. The number of hydrogen-bond acceptors (Lipinski definition) is 6. The van der Waals surface area contributed by atoms with E-state index in [9.17, 15) is 0 Å². The van der Waals surface area contributed by atoms with Crippen LogP contribution in [0.15, 0.2) is 84.9 Å². The minimum absolute atomic E-state index is 0.646. The van der Waals surface area contributed by atoms with Gasteiger partial charge >= 0.3 is 0 Å². The number of fused-ring (bicyclic) bond motifs is 3. The van der Waals surface area contributed by atoms with Gasteiger partial charge in [-0.05, 0) is 74.9 Å². The average molecular weight is 1030 g/mol. The number of hydrogen-bond donors (Lipinski definition) is 0. The molecule has 6 aromatic carbocycles. The van der Waals surface area contributed by atoms with Crippen LogP contribution in [0.2, 0.25) is 0 Å². The van der Waals surface area contributed by atoms with Crippen molar-refractivity contribution < 1.29 is 28.4 Å². The number of rotatable bonds is 40. The van der Waals surface area contributed by atoms with E-state index >= 15 is 0 Å². The van der Waals surface area contributed by atoms with Gasteiger partial charge in [0.2, 0.25) is 0 Å². The van der Waals surface area contributed by atoms with Crippen LogP contribution < -0.4 is 28.4 Å². The highest BCUT2D eigenvalue weighted by molar-refractivity contribution is 6.02. The smallest absolute Gasteiger partial charge is 0.134 e. The molecule has 0 saturated heterocycles. The lowest BCUT2D eigenvalue weighted by atomic mass is 9.98. The Kier molecular flexibility index (Phi) is 27.4. The molecule has 0 bridgehead atoms. The molecule has 0 amide bonds. The highest BCUT2D eigenvalue weighted by Gasteiger charge is 2.18. The summed E-state index contributed by atoms with van der Waals surface area (Å²) in [5, 5.41) is 6.44. The van der Waals surface area contributed by atoms with Gasteiger partial charge in [0, 0.05) is 54.6 Å². The van der Waals surface area contributed by atoms with Gasteiger partial charge in [-0.15, -0.1) is 0 Å². The lowest BCUT2D eigenvalue weighted by Gasteiger charge is -2.18. The fourth-order valence-corrected chi connectivity index (χ4v) is 10.0. The molecule has 0 heterocycles. The molecule has 76 heavy (non-hydrogen) atoms. The third-order valence-corrected chi connectivity index (χ3v) is 14.5. The third kappa shape index (κ3) is 18.3. The van der Waals surface area contributed by atoms with Crippen molar-refractivity contribution in [1.82, 2.24) is 0 Å². The van der Waals surface area contributed by atoms with Gasteiger partial charge in [-0.3, -0.25) is 0 Å². The second kappa shape index (κ2) is 34.9. The summed E-state index contributed by atoms with van der Waals surface area (Å²) in [6.07, 6.45) is 36.4. The Morgan fingerprint density at radius 2 is 0.474 bits per heavy atom. The fourth-order valence-electron chi connectivity index (χ4n) is 10.0. The van der Waals surface area contributed by atoms with E-state index in [0.717, 1.165) is 166 Å². The van der Waals surface area contributed by atoms with E-state index in [0.29, 0.717) is 26.4 Å². The molecule has 0 unspecified atom stereocenters. The van der Waals surface area contributed by atoms with E-state index in [4.69, 9.17) is 28.4 Å². The first-order chi connectivity index (χ1) is 37.6. The summed E-state index contributed by atoms with van der Waals surface area (Å²) < 4.78 is 40.2. The molecule has 6 nitrogen and oxygen atoms in total. The van der Waals surface area contributed by atoms with Gasteiger partial charge in [-0.2, -0.15) is 0 Å². The summed E-state index contributed by atoms with van der Waals surface area (Å²) in [5.74, 6) is 5.42. The molecule has 0 aliphatic rings. The molecule has 6 heteroatoms. The van der Waals surface area contributed by atoms with E-state index < -0.39 is 0 Å². The summed E-state index contributed by atoms with van der Waals surface area (Å²) in [6, 6.07) is 30.5. The molecular weight excluding hydrogens is 937 g/mol. The zero-order chi connectivity index (χ0) is 53.4. The number of benzene rings is 6. The van der Waals surface area contributed by atoms with Gasteiger partial charge in [-0.25, -0.2) is 0 Å². The fraction of sp³-hybridized carbons (Fsp3) is 0.514. The van der Waals surface area contributed by atoms with Crippen LogP contribution in [0.5, 0.6) is 34.5 Å². The largest absolute Gasteiger partial charge is 0.493 e. The third-order valence-electron chi connectivity index (χ3n) is 14.5. The van der Waals surface area contributed by atoms with Crippen molar-refractivity contribution in [2.75, 3.05) is 39.6 Å². The highest BCUT2D eigenvalue weighted by Crippen LogP contribution is 2.42. The first-order valence-electron chi connectivity index (χ1n) is 30.4. The van der Waals surface area contributed by atoms with E-state index in [1.54, 1.807) is 0 Å². The number of ether oxygens (including phenoxy) is 6. The Labute approximate surface area is 459 Å². The molecule has 0 fully saturated rings. The van der Waals surface area contributed by atoms with Crippen molar-refractivity contribution >= 4 is 56.6 Å². The maximum atomic E-state index is 6.92. The van der Waals surface area contributed by atoms with Crippen LogP contribution in [0.1, 0.15) is 218 Å². The van der Waals surface area contributed by atoms with Gasteiger partial charge in [0.25, 0.3) is 0 Å². The van der Waals surface area contributed by atoms with Crippen LogP contribution in [0.3, 0.4) is 0 Å². The van der Waals surface area contributed by atoms with Crippen molar-refractivity contribution in [3.63, 3.8) is 0 Å². The van der Waals surface area contributed by atoms with Crippen LogP contribution in [0.4, 0.5) is 0 Å². The maximum absolute atomic E-state index is 6.92. The summed E-state index contributed by atoms with van der Waals surface area (Å²) >= 11 is 0. The monoisotopic (exact) mass is 1030 g/mol. The molecule has 0 aliphatic heterocycles. The van der Waals surface area contributed by atoms with Crippen molar-refractivity contribution in [3.8, 4) is 34.5 Å². The molecule has 0 N–H and O–H groups in total. The highest BCUT2D eigenvalue weighted by atomic mass is 16.5. The van der Waals surface area contributed by atoms with Crippen LogP contribution in [-0.2, 0) is 0 Å². The molecule has 412 valence electrons. The SMILES string of the molecule is CCCCCCOc1cccc2c(OCCCCCC)c(/C=C/c3ccc4c(OCCCCCC)c(/C=C/c5ccc6c(OCCCCCC)cccc6c5OCCCCCC)ccc4c3OCCCCCC)ccc12. The zero-order valence-corrected chi connectivity index (χ0v) is 48.1. The first kappa shape index (κ1) is 59.6. The van der Waals surface area contributed by atoms with Gasteiger partial charge < -0.3 is 28.4 Å². The molecule has 0 aliphatic carbocycles. The Bertz CT molecular complexity index is 2480. The predicted octanol–water partition coefficient (Wildman–Crippen LogP) is 21.2. The Morgan fingerprint density at radius 1 is 0.237 bits per heavy atom. The summed E-state index contributed by atoms with van der Waals surface area (Å²) in [5.41, 5.74) is 4.13. The zero-order valence-electron chi connectivity index (χ0n) is 48.1. The lowest BCUT2D eigenvalue weighted by molar-refractivity contribution is 0.304. The summed E-state index contributed by atoms with van der Waals surface area (Å²) in [7, 11) is 0. The van der Waals surface area contributed by atoms with Crippen LogP contribution >= 0.6 is 0 Å². The van der Waals surface area contributed by atoms with E-state index in [1.807, 2.05) is 0 Å². The Balaban J connectivity index is 1.40. The molecule has 0 radical (unpaired) electrons. The van der Waals surface area contributed by atoms with Crippen molar-refractivity contribution in [2.24, 2.45) is 0 Å². The molecule has 0 atom stereocenters. The second-order valence-corrected chi connectivity index (χ2v) is 20.9. The van der Waals surface area contributed by atoms with Gasteiger partial charge in [0.1, 0.15) is 34.5 Å². The molecule has 0 saturated carbocycles. The second-order valence-electron chi connectivity index (χ2n) is 20.9. The Morgan fingerprint density at radius 3 is 0.737 bits per heavy atom. The molecule has 6 aromatic rings. The van der Waals surface area contributed by atoms with Crippen LogP contribution in [0, 0.1) is 0 Å². The van der Waals surface area contributed by atoms with Gasteiger partial charge in [-0.1, -0.05) is 230 Å². The van der Waals surface area contributed by atoms with E-state index in [2.05, 4.69) is 151 Å². The maximum Gasteiger partial charge on any atom is 0.134 e. The molecule has 0 aromatic heterocycles. The van der Waals surface area contributed by atoms with Gasteiger partial charge in [0.05, 0.1) is 39.6 Å². The standard InChI is InChI=1S/C70H96O6/c1-7-13-19-25-49-71-65-35-31-33-61-59(65)45-41-55(67(61)73-51-27-21-15-9-3)37-39-57-43-47-64-63(69(57)75-53-29-23-17-11-5)48-44-58(70(64)76-54-30-24-18-12-6)40-38-56-42-46-60-62(68(56)74-52-28-22-16-10-4)34-32-36-66(60)72-50-26-20-14-8-2/h31-48H,7-30,49-54H2,1-6H3/b39-37+,40-38+. The summed E-state index contributed by atoms with van der Waals surface area (Å²) in [6.45, 7) is 17.6. The minimum atomic E-state index is 0.646. The number of unbranched alkanes of at least 4 members (excludes halogenated alkanes) is 18. The van der Waals surface area contributed by atoms with Crippen molar-refractivity contribution in [3.05, 3.63) is 107 Å². The van der Waals surface area contributed by atoms with Crippen molar-refractivity contribution in [1.29, 1.82) is 0 Å². The topological polar surface area (TPSA) is 55.4 Å². The quantitative estimate of drug-likeness (QED) is 0.0282. The summed E-state index contributed by atoms with van der Waals surface area (Å²) in [4.78, 5) is 0. The van der Waals surface area contributed by atoms with Crippen LogP contribution in [0.25, 0.3) is 56.6 Å². The molecule has 6 rings (SSSR count). The van der Waals surface area contributed by atoms with Gasteiger partial charge in [0.15, 0.2) is 0 Å². The Hall–Kier alpha value is -5.62. The minimum Gasteiger partial charge on any atom is -0.493 e. The average Bonchev–Trinajstić information content (AvgIpc) is 3.46. The van der Waals surface area contributed by atoms with E-state index in [1.165, 1.54) is 89.9 Å². The predicted molar refractivity (Wildman–Crippen MR) is 328 cm³/mol.